The highest BCUT2D eigenvalue weighted by Crippen LogP contribution is 2.18. The number of halogens is 2. The van der Waals surface area contributed by atoms with Crippen LogP contribution in [0.15, 0.2) is 45.7 Å². The first-order valence-corrected chi connectivity index (χ1v) is 8.31. The zero-order valence-electron chi connectivity index (χ0n) is 11.8. The Balaban J connectivity index is 2.59. The summed E-state index contributed by atoms with van der Waals surface area (Å²) in [6, 6.07) is 11.1. The lowest BCUT2D eigenvalue weighted by Crippen LogP contribution is -2.23. The molecule has 0 bridgehead atoms. The number of rotatable bonds is 4. The van der Waals surface area contributed by atoms with E-state index in [4.69, 9.17) is 4.74 Å². The SMILES string of the molecule is COC(=O)c1cc(Br)c(=O)n(C=Cc2ccccc2)c1CBr. The topological polar surface area (TPSA) is 48.3 Å². The molecule has 0 N–H and O–H groups in total. The number of ether oxygens (including phenoxy) is 1. The molecule has 0 saturated heterocycles. The monoisotopic (exact) mass is 425 g/mol. The Bertz CT molecular complexity index is 767. The van der Waals surface area contributed by atoms with Crippen LogP contribution in [0.2, 0.25) is 0 Å². The summed E-state index contributed by atoms with van der Waals surface area (Å²) >= 11 is 6.52. The summed E-state index contributed by atoms with van der Waals surface area (Å²) in [5, 5.41) is 0.346. The summed E-state index contributed by atoms with van der Waals surface area (Å²) in [7, 11) is 1.31. The molecule has 0 fully saturated rings. The molecule has 2 rings (SSSR count). The van der Waals surface area contributed by atoms with Gasteiger partial charge in [0.05, 0.1) is 22.8 Å². The van der Waals surface area contributed by atoms with E-state index in [1.54, 1.807) is 12.3 Å². The summed E-state index contributed by atoms with van der Waals surface area (Å²) in [6.07, 6.45) is 3.45. The van der Waals surface area contributed by atoms with Gasteiger partial charge < -0.3 is 4.74 Å². The maximum Gasteiger partial charge on any atom is 0.339 e. The van der Waals surface area contributed by atoms with Crippen molar-refractivity contribution in [3.05, 3.63) is 68.0 Å². The Morgan fingerprint density at radius 3 is 2.59 bits per heavy atom. The maximum atomic E-state index is 12.3. The normalized spacial score (nSPS) is 10.9. The molecule has 1 aromatic carbocycles. The van der Waals surface area contributed by atoms with Gasteiger partial charge in [0.15, 0.2) is 0 Å². The number of alkyl halides is 1. The van der Waals surface area contributed by atoms with Crippen molar-refractivity contribution in [3.63, 3.8) is 0 Å². The molecule has 4 nitrogen and oxygen atoms in total. The van der Waals surface area contributed by atoms with Gasteiger partial charge in [-0.05, 0) is 33.6 Å². The van der Waals surface area contributed by atoms with Crippen LogP contribution >= 0.6 is 31.9 Å². The van der Waals surface area contributed by atoms with Gasteiger partial charge in [0.1, 0.15) is 0 Å². The number of pyridine rings is 1. The average molecular weight is 427 g/mol. The van der Waals surface area contributed by atoms with E-state index in [9.17, 15) is 9.59 Å². The molecule has 0 atom stereocenters. The lowest BCUT2D eigenvalue weighted by atomic mass is 10.2. The Labute approximate surface area is 144 Å². The van der Waals surface area contributed by atoms with Crippen molar-refractivity contribution in [2.24, 2.45) is 0 Å². The van der Waals surface area contributed by atoms with Crippen molar-refractivity contribution in [2.45, 2.75) is 5.33 Å². The fourth-order valence-electron chi connectivity index (χ4n) is 1.94. The maximum absolute atomic E-state index is 12.3. The van der Waals surface area contributed by atoms with Crippen molar-refractivity contribution >= 4 is 50.1 Å². The van der Waals surface area contributed by atoms with Gasteiger partial charge in [-0.1, -0.05) is 46.3 Å². The number of methoxy groups -OCH3 is 1. The molecule has 0 unspecified atom stereocenters. The Kier molecular flexibility index (Phi) is 5.74. The minimum atomic E-state index is -0.489. The van der Waals surface area contributed by atoms with Crippen LogP contribution in [0.1, 0.15) is 21.6 Å². The van der Waals surface area contributed by atoms with Crippen molar-refractivity contribution in [2.75, 3.05) is 7.11 Å². The van der Waals surface area contributed by atoms with E-state index >= 15 is 0 Å². The Morgan fingerprint density at radius 1 is 1.32 bits per heavy atom. The van der Waals surface area contributed by atoms with E-state index in [0.717, 1.165) is 5.56 Å². The van der Waals surface area contributed by atoms with Gasteiger partial charge in [0, 0.05) is 11.5 Å². The highest BCUT2D eigenvalue weighted by Gasteiger charge is 2.17. The molecule has 114 valence electrons. The van der Waals surface area contributed by atoms with Gasteiger partial charge in [-0.2, -0.15) is 0 Å². The first-order valence-electron chi connectivity index (χ1n) is 6.40. The van der Waals surface area contributed by atoms with Crippen LogP contribution in [0, 0.1) is 0 Å². The average Bonchev–Trinajstić information content (AvgIpc) is 2.55. The van der Waals surface area contributed by atoms with E-state index in [1.807, 2.05) is 30.3 Å². The minimum absolute atomic E-state index is 0.241. The van der Waals surface area contributed by atoms with Gasteiger partial charge >= 0.3 is 5.97 Å². The number of carbonyl (C=O) groups excluding carboxylic acids is 1. The van der Waals surface area contributed by atoms with Crippen molar-refractivity contribution in [3.8, 4) is 0 Å². The lowest BCUT2D eigenvalue weighted by molar-refractivity contribution is 0.0599. The number of hydrogen-bond acceptors (Lipinski definition) is 3. The molecule has 6 heteroatoms. The second-order valence-corrected chi connectivity index (χ2v) is 5.79. The van der Waals surface area contributed by atoms with Crippen LogP contribution in [0.25, 0.3) is 12.3 Å². The van der Waals surface area contributed by atoms with E-state index in [0.29, 0.717) is 21.1 Å². The molecule has 0 spiro atoms. The van der Waals surface area contributed by atoms with Gasteiger partial charge in [-0.3, -0.25) is 9.36 Å². The molecule has 1 heterocycles. The number of hydrogen-bond donors (Lipinski definition) is 0. The van der Waals surface area contributed by atoms with Crippen LogP contribution < -0.4 is 5.56 Å². The van der Waals surface area contributed by atoms with Crippen LogP contribution in [-0.4, -0.2) is 17.6 Å². The fourth-order valence-corrected chi connectivity index (χ4v) is 2.94. The van der Waals surface area contributed by atoms with Gasteiger partial charge in [0.2, 0.25) is 0 Å². The molecule has 0 aliphatic carbocycles. The summed E-state index contributed by atoms with van der Waals surface area (Å²) < 4.78 is 6.50. The second kappa shape index (κ2) is 7.56. The molecule has 0 amide bonds. The summed E-state index contributed by atoms with van der Waals surface area (Å²) in [4.78, 5) is 24.2. The summed E-state index contributed by atoms with van der Waals surface area (Å²) in [5.74, 6) is -0.489. The van der Waals surface area contributed by atoms with Crippen LogP contribution in [0.3, 0.4) is 0 Å². The number of esters is 1. The third kappa shape index (κ3) is 3.56. The fraction of sp³-hybridized carbons (Fsp3) is 0.125. The lowest BCUT2D eigenvalue weighted by Gasteiger charge is -2.12. The highest BCUT2D eigenvalue weighted by molar-refractivity contribution is 9.10. The standard InChI is InChI=1S/C16H13Br2NO3/c1-22-16(21)12-9-13(18)15(20)19(14(12)10-17)8-7-11-5-3-2-4-6-11/h2-9H,10H2,1H3. The third-order valence-corrected chi connectivity index (χ3v) is 4.14. The van der Waals surface area contributed by atoms with E-state index in [-0.39, 0.29) is 5.56 Å². The third-order valence-electron chi connectivity index (χ3n) is 3.04. The number of carbonyl (C=O) groups is 1. The van der Waals surface area contributed by atoms with Crippen molar-refractivity contribution in [1.29, 1.82) is 0 Å². The minimum Gasteiger partial charge on any atom is -0.465 e. The Hall–Kier alpha value is -1.66. The van der Waals surface area contributed by atoms with Crippen LogP contribution in [0.5, 0.6) is 0 Å². The first-order chi connectivity index (χ1) is 10.6. The quantitative estimate of drug-likeness (QED) is 0.549. The van der Waals surface area contributed by atoms with Crippen LogP contribution in [-0.2, 0) is 10.1 Å². The zero-order valence-corrected chi connectivity index (χ0v) is 14.9. The van der Waals surface area contributed by atoms with Crippen molar-refractivity contribution in [1.82, 2.24) is 4.57 Å². The highest BCUT2D eigenvalue weighted by atomic mass is 79.9. The molecular weight excluding hydrogens is 414 g/mol. The summed E-state index contributed by atoms with van der Waals surface area (Å²) in [5.41, 5.74) is 1.58. The predicted octanol–water partition coefficient (Wildman–Crippen LogP) is 3.92. The van der Waals surface area contributed by atoms with Crippen molar-refractivity contribution < 1.29 is 9.53 Å². The van der Waals surface area contributed by atoms with E-state index in [1.165, 1.54) is 17.7 Å². The van der Waals surface area contributed by atoms with E-state index < -0.39 is 5.97 Å². The Morgan fingerprint density at radius 2 is 2.00 bits per heavy atom. The number of nitrogens with zero attached hydrogens (tertiary/aromatic N) is 1. The first kappa shape index (κ1) is 16.7. The second-order valence-electron chi connectivity index (χ2n) is 4.38. The number of aromatic nitrogens is 1. The molecule has 0 aliphatic rings. The molecule has 1 aromatic heterocycles. The smallest absolute Gasteiger partial charge is 0.339 e. The largest absolute Gasteiger partial charge is 0.465 e. The molecular formula is C16H13Br2NO3. The molecule has 2 aromatic rings. The van der Waals surface area contributed by atoms with Gasteiger partial charge in [0.25, 0.3) is 5.56 Å². The van der Waals surface area contributed by atoms with E-state index in [2.05, 4.69) is 31.9 Å². The number of benzene rings is 1. The van der Waals surface area contributed by atoms with Gasteiger partial charge in [-0.25, -0.2) is 4.79 Å². The van der Waals surface area contributed by atoms with Gasteiger partial charge in [-0.15, -0.1) is 0 Å². The molecule has 22 heavy (non-hydrogen) atoms. The molecule has 0 saturated carbocycles. The zero-order chi connectivity index (χ0) is 16.1. The summed E-state index contributed by atoms with van der Waals surface area (Å²) in [6.45, 7) is 0. The van der Waals surface area contributed by atoms with Crippen LogP contribution in [0.4, 0.5) is 0 Å². The molecule has 0 radical (unpaired) electrons. The predicted molar refractivity (Wildman–Crippen MR) is 94.0 cm³/mol. The molecule has 0 aliphatic heterocycles.